The number of fused-ring (bicyclic) bond motifs is 1. The number of anilines is 1. The van der Waals surface area contributed by atoms with Crippen LogP contribution in [0.4, 0.5) is 5.69 Å². The fraction of sp³-hybridized carbons (Fsp3) is 0.211. The first-order valence-electron chi connectivity index (χ1n) is 7.66. The van der Waals surface area contributed by atoms with Crippen LogP contribution >= 0.6 is 11.3 Å². The molecule has 1 aromatic heterocycles. The van der Waals surface area contributed by atoms with Gasteiger partial charge in [0.25, 0.3) is 0 Å². The fourth-order valence-corrected chi connectivity index (χ4v) is 3.32. The van der Waals surface area contributed by atoms with Crippen molar-refractivity contribution in [3.63, 3.8) is 0 Å². The number of carbonyl (C=O) groups is 1. The first-order valence-corrected chi connectivity index (χ1v) is 8.54. The SMILES string of the molecule is C[C@@H](C(=O)Nc1cccc2ccccc12)N(C)Cc1cccs1. The third-order valence-corrected chi connectivity index (χ3v) is 4.93. The van der Waals surface area contributed by atoms with Crippen molar-refractivity contribution in [3.8, 4) is 0 Å². The maximum atomic E-state index is 12.6. The number of hydrogen-bond acceptors (Lipinski definition) is 3. The van der Waals surface area contributed by atoms with Gasteiger partial charge in [-0.05, 0) is 36.9 Å². The number of amides is 1. The fourth-order valence-electron chi connectivity index (χ4n) is 2.56. The highest BCUT2D eigenvalue weighted by atomic mass is 32.1. The van der Waals surface area contributed by atoms with E-state index < -0.39 is 0 Å². The largest absolute Gasteiger partial charge is 0.324 e. The maximum absolute atomic E-state index is 12.6. The monoisotopic (exact) mass is 324 g/mol. The highest BCUT2D eigenvalue weighted by molar-refractivity contribution is 7.09. The van der Waals surface area contributed by atoms with Gasteiger partial charge in [0.05, 0.1) is 6.04 Å². The molecule has 3 aromatic rings. The van der Waals surface area contributed by atoms with Crippen molar-refractivity contribution in [1.82, 2.24) is 4.90 Å². The average Bonchev–Trinajstić information content (AvgIpc) is 3.07. The number of hydrogen-bond donors (Lipinski definition) is 1. The van der Waals surface area contributed by atoms with Crippen molar-refractivity contribution < 1.29 is 4.79 Å². The highest BCUT2D eigenvalue weighted by Crippen LogP contribution is 2.23. The van der Waals surface area contributed by atoms with Gasteiger partial charge in [0.15, 0.2) is 0 Å². The summed E-state index contributed by atoms with van der Waals surface area (Å²) in [5, 5.41) is 7.32. The molecule has 0 aliphatic heterocycles. The van der Waals surface area contributed by atoms with E-state index in [1.165, 1.54) is 4.88 Å². The molecule has 0 aliphatic carbocycles. The Labute approximate surface area is 140 Å². The van der Waals surface area contributed by atoms with Gasteiger partial charge in [0.2, 0.25) is 5.91 Å². The molecule has 1 N–H and O–H groups in total. The maximum Gasteiger partial charge on any atom is 0.241 e. The minimum atomic E-state index is -0.198. The summed E-state index contributed by atoms with van der Waals surface area (Å²) in [5.41, 5.74) is 0.865. The van der Waals surface area contributed by atoms with Gasteiger partial charge in [-0.1, -0.05) is 42.5 Å². The number of carbonyl (C=O) groups excluding carboxylic acids is 1. The number of nitrogens with one attached hydrogen (secondary N) is 1. The van der Waals surface area contributed by atoms with Crippen molar-refractivity contribution in [1.29, 1.82) is 0 Å². The van der Waals surface area contributed by atoms with Gasteiger partial charge in [0, 0.05) is 22.5 Å². The summed E-state index contributed by atoms with van der Waals surface area (Å²) >= 11 is 1.71. The molecule has 1 amide bonds. The Morgan fingerprint density at radius 2 is 1.91 bits per heavy atom. The molecule has 0 spiro atoms. The van der Waals surface area contributed by atoms with Gasteiger partial charge in [-0.3, -0.25) is 9.69 Å². The lowest BCUT2D eigenvalue weighted by Gasteiger charge is -2.23. The molecule has 2 aromatic carbocycles. The molecule has 0 aliphatic rings. The van der Waals surface area contributed by atoms with Crippen LogP contribution in [0.5, 0.6) is 0 Å². The number of benzene rings is 2. The zero-order valence-corrected chi connectivity index (χ0v) is 14.1. The zero-order chi connectivity index (χ0) is 16.2. The first-order chi connectivity index (χ1) is 11.1. The molecule has 0 saturated heterocycles. The second-order valence-electron chi connectivity index (χ2n) is 5.69. The van der Waals surface area contributed by atoms with Crippen molar-refractivity contribution >= 4 is 33.7 Å². The lowest BCUT2D eigenvalue weighted by molar-refractivity contribution is -0.120. The molecule has 118 valence electrons. The highest BCUT2D eigenvalue weighted by Gasteiger charge is 2.19. The standard InChI is InChI=1S/C19H20N2OS/c1-14(21(2)13-16-9-6-12-23-16)19(22)20-18-11-5-8-15-7-3-4-10-17(15)18/h3-12,14H,13H2,1-2H3,(H,20,22)/t14-/m0/s1. The summed E-state index contributed by atoms with van der Waals surface area (Å²) in [6.45, 7) is 2.72. The van der Waals surface area contributed by atoms with Gasteiger partial charge in [-0.15, -0.1) is 11.3 Å². The number of nitrogens with zero attached hydrogens (tertiary/aromatic N) is 1. The van der Waals surface area contributed by atoms with Crippen LogP contribution in [0, 0.1) is 0 Å². The smallest absolute Gasteiger partial charge is 0.241 e. The van der Waals surface area contributed by atoms with E-state index in [1.807, 2.05) is 50.4 Å². The normalized spacial score (nSPS) is 12.5. The van der Waals surface area contributed by atoms with Crippen LogP contribution in [0.3, 0.4) is 0 Å². The Morgan fingerprint density at radius 1 is 1.13 bits per heavy atom. The molecule has 3 rings (SSSR count). The molecule has 0 unspecified atom stereocenters. The van der Waals surface area contributed by atoms with E-state index in [0.29, 0.717) is 0 Å². The van der Waals surface area contributed by atoms with Gasteiger partial charge in [-0.25, -0.2) is 0 Å². The zero-order valence-electron chi connectivity index (χ0n) is 13.3. The minimum Gasteiger partial charge on any atom is -0.324 e. The third-order valence-electron chi connectivity index (χ3n) is 4.07. The topological polar surface area (TPSA) is 32.3 Å². The molecule has 1 heterocycles. The van der Waals surface area contributed by atoms with Gasteiger partial charge < -0.3 is 5.32 Å². The van der Waals surface area contributed by atoms with Crippen LogP contribution in [-0.2, 0) is 11.3 Å². The molecular formula is C19H20N2OS. The summed E-state index contributed by atoms with van der Waals surface area (Å²) in [4.78, 5) is 15.9. The van der Waals surface area contributed by atoms with Gasteiger partial charge in [-0.2, -0.15) is 0 Å². The molecule has 0 saturated carbocycles. The predicted molar refractivity (Wildman–Crippen MR) is 97.8 cm³/mol. The Bertz CT molecular complexity index is 793. The molecule has 3 nitrogen and oxygen atoms in total. The molecule has 0 fully saturated rings. The van der Waals surface area contributed by atoms with Gasteiger partial charge >= 0.3 is 0 Å². The second kappa shape index (κ2) is 6.94. The molecule has 4 heteroatoms. The van der Waals surface area contributed by atoms with E-state index in [4.69, 9.17) is 0 Å². The van der Waals surface area contributed by atoms with Gasteiger partial charge in [0.1, 0.15) is 0 Å². The summed E-state index contributed by atoms with van der Waals surface area (Å²) in [6, 6.07) is 18.0. The van der Waals surface area contributed by atoms with Crippen LogP contribution in [0.2, 0.25) is 0 Å². The minimum absolute atomic E-state index is 0.0143. The molecule has 23 heavy (non-hydrogen) atoms. The van der Waals surface area contributed by atoms with E-state index in [-0.39, 0.29) is 11.9 Å². The summed E-state index contributed by atoms with van der Waals surface area (Å²) in [5.74, 6) is 0.0143. The summed E-state index contributed by atoms with van der Waals surface area (Å²) < 4.78 is 0. The van der Waals surface area contributed by atoms with E-state index in [0.717, 1.165) is 23.0 Å². The summed E-state index contributed by atoms with van der Waals surface area (Å²) in [6.07, 6.45) is 0. The van der Waals surface area contributed by atoms with E-state index in [2.05, 4.69) is 33.8 Å². The third kappa shape index (κ3) is 3.60. The van der Waals surface area contributed by atoms with Crippen LogP contribution in [0.1, 0.15) is 11.8 Å². The van der Waals surface area contributed by atoms with Crippen molar-refractivity contribution in [2.45, 2.75) is 19.5 Å². The lowest BCUT2D eigenvalue weighted by Crippen LogP contribution is -2.39. The molecule has 0 bridgehead atoms. The lowest BCUT2D eigenvalue weighted by atomic mass is 10.1. The Hall–Kier alpha value is -2.17. The molecule has 0 radical (unpaired) electrons. The van der Waals surface area contributed by atoms with Crippen LogP contribution < -0.4 is 5.32 Å². The van der Waals surface area contributed by atoms with E-state index in [9.17, 15) is 4.79 Å². The van der Waals surface area contributed by atoms with Crippen LogP contribution in [0.25, 0.3) is 10.8 Å². The Balaban J connectivity index is 1.72. The number of likely N-dealkylation sites (N-methyl/N-ethyl adjacent to an activating group) is 1. The van der Waals surface area contributed by atoms with Crippen molar-refractivity contribution in [2.24, 2.45) is 0 Å². The average molecular weight is 324 g/mol. The quantitative estimate of drug-likeness (QED) is 0.756. The number of rotatable bonds is 5. The van der Waals surface area contributed by atoms with E-state index >= 15 is 0 Å². The number of thiophene rings is 1. The Morgan fingerprint density at radius 3 is 2.70 bits per heavy atom. The summed E-state index contributed by atoms with van der Waals surface area (Å²) in [7, 11) is 1.98. The van der Waals surface area contributed by atoms with Crippen molar-refractivity contribution in [2.75, 3.05) is 12.4 Å². The molecule has 1 atom stereocenters. The van der Waals surface area contributed by atoms with Crippen molar-refractivity contribution in [3.05, 3.63) is 64.9 Å². The Kier molecular flexibility index (Phi) is 4.74. The van der Waals surface area contributed by atoms with Crippen LogP contribution in [0.15, 0.2) is 60.0 Å². The molecular weight excluding hydrogens is 304 g/mol. The van der Waals surface area contributed by atoms with E-state index in [1.54, 1.807) is 11.3 Å². The second-order valence-corrected chi connectivity index (χ2v) is 6.72. The predicted octanol–water partition coefficient (Wildman–Crippen LogP) is 4.36. The van der Waals surface area contributed by atoms with Crippen LogP contribution in [-0.4, -0.2) is 23.9 Å². The first kappa shape index (κ1) is 15.7.